The lowest BCUT2D eigenvalue weighted by molar-refractivity contribution is 0.262. The summed E-state index contributed by atoms with van der Waals surface area (Å²) in [6.07, 6.45) is 6.03. The molecular weight excluding hydrogens is 510 g/mol. The highest BCUT2D eigenvalue weighted by Gasteiger charge is 2.14. The number of urea groups is 1. The molecule has 1 aliphatic heterocycles. The van der Waals surface area contributed by atoms with Crippen molar-refractivity contribution in [3.05, 3.63) is 47.0 Å². The number of piperazine rings is 1. The monoisotopic (exact) mass is 555 g/mol. The Labute approximate surface area is 236 Å². The second-order valence-corrected chi connectivity index (χ2v) is 10.1. The number of nitrogens with zero attached hydrogens (tertiary/aromatic N) is 4. The fourth-order valence-electron chi connectivity index (χ4n) is 4.60. The molecule has 2 amide bonds. The number of carbonyl (C=O) groups excluding carboxylic acids is 1. The number of hydrogen-bond donors (Lipinski definition) is 7. The Morgan fingerprint density at radius 3 is 2.42 bits per heavy atom. The second-order valence-electron chi connectivity index (χ2n) is 10.1. The van der Waals surface area contributed by atoms with Crippen LogP contribution in [0.4, 0.5) is 22.0 Å². The number of benzene rings is 1. The predicted molar refractivity (Wildman–Crippen MR) is 161 cm³/mol. The summed E-state index contributed by atoms with van der Waals surface area (Å²) in [4.78, 5) is 33.7. The van der Waals surface area contributed by atoms with Crippen LogP contribution in [0.1, 0.15) is 32.1 Å². The molecule has 1 aliphatic rings. The third-order valence-electron chi connectivity index (χ3n) is 6.92. The van der Waals surface area contributed by atoms with Gasteiger partial charge in [-0.05, 0) is 82.6 Å². The minimum absolute atomic E-state index is 0.0229. The summed E-state index contributed by atoms with van der Waals surface area (Å²) >= 11 is 0. The molecule has 13 heteroatoms. The number of nitrogens with one attached hydrogen (secondary N) is 5. The number of aromatic nitrogens is 2. The third-order valence-corrected chi connectivity index (χ3v) is 6.92. The van der Waals surface area contributed by atoms with Gasteiger partial charge in [-0.25, -0.2) is 9.59 Å². The van der Waals surface area contributed by atoms with E-state index in [0.29, 0.717) is 25.3 Å². The summed E-state index contributed by atoms with van der Waals surface area (Å²) in [5.41, 5.74) is 12.3. The van der Waals surface area contributed by atoms with Crippen LogP contribution >= 0.6 is 0 Å². The molecule has 2 aromatic rings. The first-order valence-electron chi connectivity index (χ1n) is 14.0. The highest BCUT2D eigenvalue weighted by molar-refractivity contribution is 5.99. The number of rotatable bonds is 15. The van der Waals surface area contributed by atoms with Crippen LogP contribution in [0.25, 0.3) is 0 Å². The van der Waals surface area contributed by atoms with Crippen molar-refractivity contribution in [3.63, 3.8) is 0 Å². The predicted octanol–water partition coefficient (Wildman–Crippen LogP) is 0.990. The Morgan fingerprint density at radius 2 is 1.75 bits per heavy atom. The standard InChI is InChI=1S/C27H45N11O2/c1-36-17-19-37(20-18-36)23-9-7-22(8-10-23)33-26(39)34-24-11-16-38(27(40)35-24)15-3-6-21(31-14-4-12-28)5-2-13-32-25(29)30/h7-11,16,21,31H,2-6,12-15,17-20,28H2,1H3,(H4,29,30,32)(H2,33,34,35,39,40). The Kier molecular flexibility index (Phi) is 12.7. The van der Waals surface area contributed by atoms with E-state index in [9.17, 15) is 9.59 Å². The molecule has 9 N–H and O–H groups in total. The second kappa shape index (κ2) is 16.4. The molecule has 2 heterocycles. The van der Waals surface area contributed by atoms with Crippen molar-refractivity contribution in [3.8, 4) is 0 Å². The summed E-state index contributed by atoms with van der Waals surface area (Å²) in [5.74, 6) is 0.178. The van der Waals surface area contributed by atoms with E-state index >= 15 is 0 Å². The molecule has 1 atom stereocenters. The molecule has 13 nitrogen and oxygen atoms in total. The van der Waals surface area contributed by atoms with Crippen molar-refractivity contribution < 1.29 is 4.79 Å². The van der Waals surface area contributed by atoms with Gasteiger partial charge in [0.05, 0.1) is 0 Å². The summed E-state index contributed by atoms with van der Waals surface area (Å²) < 4.78 is 1.55. The fraction of sp³-hybridized carbons (Fsp3) is 0.556. The van der Waals surface area contributed by atoms with Gasteiger partial charge in [0, 0.05) is 62.9 Å². The molecule has 1 unspecified atom stereocenters. The van der Waals surface area contributed by atoms with Crippen molar-refractivity contribution in [2.24, 2.45) is 11.5 Å². The number of guanidine groups is 1. The van der Waals surface area contributed by atoms with Crippen LogP contribution in [0.5, 0.6) is 0 Å². The van der Waals surface area contributed by atoms with Gasteiger partial charge >= 0.3 is 11.7 Å². The first kappa shape index (κ1) is 30.9. The van der Waals surface area contributed by atoms with E-state index in [1.54, 1.807) is 16.8 Å². The summed E-state index contributed by atoms with van der Waals surface area (Å²) in [6, 6.07) is 9.20. The Morgan fingerprint density at radius 1 is 1.02 bits per heavy atom. The summed E-state index contributed by atoms with van der Waals surface area (Å²) in [5, 5.41) is 19.0. The Hall–Kier alpha value is -3.68. The van der Waals surface area contributed by atoms with Crippen molar-refractivity contribution in [2.45, 2.75) is 44.7 Å². The van der Waals surface area contributed by atoms with Crippen LogP contribution in [0.2, 0.25) is 0 Å². The molecule has 0 spiro atoms. The smallest absolute Gasteiger partial charge is 0.349 e. The Balaban J connectivity index is 1.44. The van der Waals surface area contributed by atoms with E-state index in [-0.39, 0.29) is 17.8 Å². The van der Waals surface area contributed by atoms with Crippen molar-refractivity contribution in [1.82, 2.24) is 25.1 Å². The van der Waals surface area contributed by atoms with Crippen LogP contribution in [0.3, 0.4) is 0 Å². The highest BCUT2D eigenvalue weighted by atomic mass is 16.2. The quantitative estimate of drug-likeness (QED) is 0.0957. The van der Waals surface area contributed by atoms with Gasteiger partial charge in [0.15, 0.2) is 5.96 Å². The van der Waals surface area contributed by atoms with Crippen LogP contribution in [-0.2, 0) is 6.54 Å². The molecule has 40 heavy (non-hydrogen) atoms. The van der Waals surface area contributed by atoms with Crippen molar-refractivity contribution >= 4 is 29.2 Å². The Bertz CT molecular complexity index is 1110. The fourth-order valence-corrected chi connectivity index (χ4v) is 4.60. The van der Waals surface area contributed by atoms with E-state index in [1.165, 1.54) is 0 Å². The number of nitrogens with two attached hydrogens (primary N) is 2. The van der Waals surface area contributed by atoms with Gasteiger partial charge in [0.25, 0.3) is 0 Å². The van der Waals surface area contributed by atoms with Gasteiger partial charge < -0.3 is 37.2 Å². The summed E-state index contributed by atoms with van der Waals surface area (Å²) in [7, 11) is 2.13. The number of anilines is 3. The molecule has 1 fully saturated rings. The first-order valence-corrected chi connectivity index (χ1v) is 14.0. The van der Waals surface area contributed by atoms with Crippen LogP contribution < -0.4 is 43.3 Å². The molecule has 0 bridgehead atoms. The van der Waals surface area contributed by atoms with Gasteiger partial charge in [-0.3, -0.25) is 15.3 Å². The minimum Gasteiger partial charge on any atom is -0.370 e. The molecule has 3 rings (SSSR count). The maximum Gasteiger partial charge on any atom is 0.349 e. The van der Waals surface area contributed by atoms with Crippen LogP contribution in [0.15, 0.2) is 41.3 Å². The van der Waals surface area contributed by atoms with Crippen molar-refractivity contribution in [2.75, 3.05) is 68.4 Å². The van der Waals surface area contributed by atoms with E-state index in [4.69, 9.17) is 16.9 Å². The number of carbonyl (C=O) groups is 1. The molecular formula is C27H45N11O2. The number of aryl methyl sites for hydroxylation is 1. The average Bonchev–Trinajstić information content (AvgIpc) is 2.93. The van der Waals surface area contributed by atoms with Crippen LogP contribution in [-0.4, -0.2) is 85.3 Å². The topological polar surface area (TPSA) is 182 Å². The largest absolute Gasteiger partial charge is 0.370 e. The molecule has 220 valence electrons. The minimum atomic E-state index is -0.456. The number of hydrogen-bond acceptors (Lipinski definition) is 8. The van der Waals surface area contributed by atoms with Crippen LogP contribution in [0, 0.1) is 5.41 Å². The van der Waals surface area contributed by atoms with E-state index in [1.807, 2.05) is 24.3 Å². The molecule has 0 radical (unpaired) electrons. The highest BCUT2D eigenvalue weighted by Crippen LogP contribution is 2.19. The van der Waals surface area contributed by atoms with E-state index in [2.05, 4.69) is 43.1 Å². The number of amides is 2. The lowest BCUT2D eigenvalue weighted by Crippen LogP contribution is -2.44. The zero-order valence-electron chi connectivity index (χ0n) is 23.5. The van der Waals surface area contributed by atoms with Gasteiger partial charge in [0.1, 0.15) is 5.82 Å². The lowest BCUT2D eigenvalue weighted by atomic mass is 10.1. The first-order chi connectivity index (χ1) is 19.3. The normalized spacial score (nSPS) is 14.5. The van der Waals surface area contributed by atoms with Gasteiger partial charge in [0.2, 0.25) is 0 Å². The molecule has 1 aromatic heterocycles. The maximum absolute atomic E-state index is 12.6. The molecule has 0 aliphatic carbocycles. The molecule has 1 saturated heterocycles. The van der Waals surface area contributed by atoms with Gasteiger partial charge in [-0.2, -0.15) is 4.98 Å². The van der Waals surface area contributed by atoms with Gasteiger partial charge in [-0.1, -0.05) is 0 Å². The zero-order chi connectivity index (χ0) is 28.7. The van der Waals surface area contributed by atoms with E-state index in [0.717, 1.165) is 70.5 Å². The maximum atomic E-state index is 12.6. The van der Waals surface area contributed by atoms with E-state index < -0.39 is 11.7 Å². The molecule has 0 saturated carbocycles. The SMILES string of the molecule is CN1CCN(c2ccc(NC(=O)Nc3ccn(CCCC(CCCNC(=N)N)NCCCN)c(=O)n3)cc2)CC1. The third kappa shape index (κ3) is 10.8. The van der Waals surface area contributed by atoms with Gasteiger partial charge in [-0.15, -0.1) is 0 Å². The lowest BCUT2D eigenvalue weighted by Gasteiger charge is -2.34. The zero-order valence-corrected chi connectivity index (χ0v) is 23.5. The molecule has 1 aromatic carbocycles. The average molecular weight is 556 g/mol. The van der Waals surface area contributed by atoms with Crippen molar-refractivity contribution in [1.29, 1.82) is 5.41 Å². The summed E-state index contributed by atoms with van der Waals surface area (Å²) in [6.45, 7) is 6.67. The number of likely N-dealkylation sites (N-methyl/N-ethyl adjacent to an activating group) is 1.